The summed E-state index contributed by atoms with van der Waals surface area (Å²) in [5.74, 6) is 0.829. The van der Waals surface area contributed by atoms with Crippen molar-refractivity contribution < 1.29 is 4.74 Å². The molecule has 1 aromatic rings. The molecular formula is C11H16N2OS. The van der Waals surface area contributed by atoms with Crippen molar-refractivity contribution in [1.29, 1.82) is 0 Å². The Morgan fingerprint density at radius 2 is 2.13 bits per heavy atom. The smallest absolute Gasteiger partial charge is 0.139 e. The van der Waals surface area contributed by atoms with Crippen molar-refractivity contribution in [2.24, 2.45) is 0 Å². The van der Waals surface area contributed by atoms with Crippen LogP contribution >= 0.6 is 12.2 Å². The summed E-state index contributed by atoms with van der Waals surface area (Å²) < 4.78 is 6.14. The van der Waals surface area contributed by atoms with Crippen LogP contribution in [0.1, 0.15) is 37.4 Å². The zero-order valence-corrected chi connectivity index (χ0v) is 10.2. The van der Waals surface area contributed by atoms with Crippen molar-refractivity contribution in [2.75, 3.05) is 7.11 Å². The minimum Gasteiger partial charge on any atom is -0.371 e. The van der Waals surface area contributed by atoms with Crippen molar-refractivity contribution in [3.05, 3.63) is 21.7 Å². The lowest BCUT2D eigenvalue weighted by Gasteiger charge is -2.22. The van der Waals surface area contributed by atoms with E-state index < -0.39 is 5.60 Å². The van der Waals surface area contributed by atoms with Gasteiger partial charge in [0.15, 0.2) is 0 Å². The van der Waals surface area contributed by atoms with Crippen molar-refractivity contribution in [3.63, 3.8) is 0 Å². The van der Waals surface area contributed by atoms with E-state index >= 15 is 0 Å². The van der Waals surface area contributed by atoms with Gasteiger partial charge in [0.25, 0.3) is 0 Å². The molecule has 0 aliphatic heterocycles. The maximum atomic E-state index is 5.40. The van der Waals surface area contributed by atoms with Gasteiger partial charge in [0.2, 0.25) is 0 Å². The fourth-order valence-corrected chi connectivity index (χ4v) is 2.16. The summed E-state index contributed by atoms with van der Waals surface area (Å²) in [6, 6.07) is 0. The summed E-state index contributed by atoms with van der Waals surface area (Å²) in [6.07, 6.45) is 3.31. The molecule has 0 saturated heterocycles. The zero-order valence-electron chi connectivity index (χ0n) is 9.39. The van der Waals surface area contributed by atoms with Gasteiger partial charge in [-0.25, -0.2) is 4.98 Å². The molecule has 0 fully saturated rings. The molecule has 82 valence electrons. The molecule has 1 aromatic heterocycles. The molecule has 4 heteroatoms. The number of nitrogens with one attached hydrogen (secondary N) is 1. The van der Waals surface area contributed by atoms with E-state index in [9.17, 15) is 0 Å². The Bertz CT molecular complexity index is 437. The van der Waals surface area contributed by atoms with Gasteiger partial charge in [-0.05, 0) is 33.1 Å². The third kappa shape index (κ3) is 1.84. The predicted octanol–water partition coefficient (Wildman–Crippen LogP) is 2.51. The standard InChI is InChI=1S/C11H16N2OS/c1-11(2,14-3)10-12-8-6-4-5-7(8)9(15)13-10/h4-6H2,1-3H3,(H,12,13,15). The number of hydrogen-bond acceptors (Lipinski definition) is 3. The summed E-state index contributed by atoms with van der Waals surface area (Å²) in [7, 11) is 1.69. The van der Waals surface area contributed by atoms with E-state index in [-0.39, 0.29) is 0 Å². The van der Waals surface area contributed by atoms with E-state index in [2.05, 4.69) is 9.97 Å². The van der Waals surface area contributed by atoms with Crippen molar-refractivity contribution in [2.45, 2.75) is 38.7 Å². The van der Waals surface area contributed by atoms with E-state index in [1.807, 2.05) is 13.8 Å². The topological polar surface area (TPSA) is 37.9 Å². The lowest BCUT2D eigenvalue weighted by molar-refractivity contribution is 0.0112. The monoisotopic (exact) mass is 224 g/mol. The van der Waals surface area contributed by atoms with Gasteiger partial charge in [-0.1, -0.05) is 12.2 Å². The second kappa shape index (κ2) is 3.68. The minimum absolute atomic E-state index is 0.398. The summed E-state index contributed by atoms with van der Waals surface area (Å²) >= 11 is 5.30. The first-order chi connectivity index (χ1) is 7.04. The second-order valence-electron chi connectivity index (χ2n) is 4.42. The van der Waals surface area contributed by atoms with E-state index in [0.717, 1.165) is 23.3 Å². The van der Waals surface area contributed by atoms with Crippen LogP contribution in [0.15, 0.2) is 0 Å². The molecule has 0 atom stereocenters. The SMILES string of the molecule is COC(C)(C)c1nc(=S)c2c([nH]1)CCC2. The molecule has 2 rings (SSSR count). The highest BCUT2D eigenvalue weighted by molar-refractivity contribution is 7.71. The molecule has 0 spiro atoms. The Balaban J connectivity index is 2.53. The number of rotatable bonds is 2. The Morgan fingerprint density at radius 3 is 2.80 bits per heavy atom. The Morgan fingerprint density at radius 1 is 1.40 bits per heavy atom. The second-order valence-corrected chi connectivity index (χ2v) is 4.80. The van der Waals surface area contributed by atoms with E-state index in [0.29, 0.717) is 0 Å². The quantitative estimate of drug-likeness (QED) is 0.784. The maximum Gasteiger partial charge on any atom is 0.139 e. The van der Waals surface area contributed by atoms with Crippen LogP contribution in [0, 0.1) is 4.64 Å². The number of aromatic nitrogens is 2. The van der Waals surface area contributed by atoms with Gasteiger partial charge in [0.05, 0.1) is 0 Å². The summed E-state index contributed by atoms with van der Waals surface area (Å²) in [5, 5.41) is 0. The molecule has 1 aliphatic carbocycles. The molecular weight excluding hydrogens is 208 g/mol. The highest BCUT2D eigenvalue weighted by atomic mass is 32.1. The summed E-state index contributed by atoms with van der Waals surface area (Å²) in [4.78, 5) is 7.78. The van der Waals surface area contributed by atoms with Gasteiger partial charge in [-0.2, -0.15) is 0 Å². The Labute approximate surface area is 94.9 Å². The first kappa shape index (κ1) is 10.8. The van der Waals surface area contributed by atoms with Crippen LogP contribution < -0.4 is 0 Å². The fourth-order valence-electron chi connectivity index (χ4n) is 1.84. The van der Waals surface area contributed by atoms with E-state index in [1.54, 1.807) is 7.11 Å². The van der Waals surface area contributed by atoms with E-state index in [1.165, 1.54) is 17.7 Å². The molecule has 0 radical (unpaired) electrons. The number of ether oxygens (including phenoxy) is 1. The maximum absolute atomic E-state index is 5.40. The molecule has 3 nitrogen and oxygen atoms in total. The fraction of sp³-hybridized carbons (Fsp3) is 0.636. The zero-order chi connectivity index (χ0) is 11.1. The van der Waals surface area contributed by atoms with Crippen molar-refractivity contribution in [1.82, 2.24) is 9.97 Å². The number of aromatic amines is 1. The summed E-state index contributed by atoms with van der Waals surface area (Å²) in [5.41, 5.74) is 2.07. The molecule has 0 unspecified atom stereocenters. The van der Waals surface area contributed by atoms with Crippen LogP contribution in [0.5, 0.6) is 0 Å². The lowest BCUT2D eigenvalue weighted by Crippen LogP contribution is -2.23. The van der Waals surface area contributed by atoms with Gasteiger partial charge < -0.3 is 9.72 Å². The molecule has 0 amide bonds. The molecule has 0 aromatic carbocycles. The Kier molecular flexibility index (Phi) is 2.64. The van der Waals surface area contributed by atoms with E-state index in [4.69, 9.17) is 17.0 Å². The average Bonchev–Trinajstić information content (AvgIpc) is 2.66. The van der Waals surface area contributed by atoms with Gasteiger partial charge in [-0.15, -0.1) is 0 Å². The van der Waals surface area contributed by atoms with Gasteiger partial charge in [0.1, 0.15) is 16.1 Å². The number of aryl methyl sites for hydroxylation is 1. The minimum atomic E-state index is -0.398. The average molecular weight is 224 g/mol. The Hall–Kier alpha value is -0.740. The normalized spacial score (nSPS) is 15.4. The predicted molar refractivity (Wildman–Crippen MR) is 61.5 cm³/mol. The van der Waals surface area contributed by atoms with Gasteiger partial charge >= 0.3 is 0 Å². The molecule has 0 saturated carbocycles. The van der Waals surface area contributed by atoms with Gasteiger partial charge in [0, 0.05) is 18.4 Å². The van der Waals surface area contributed by atoms with Crippen molar-refractivity contribution in [3.8, 4) is 0 Å². The first-order valence-corrected chi connectivity index (χ1v) is 5.63. The highest BCUT2D eigenvalue weighted by Gasteiger charge is 2.25. The van der Waals surface area contributed by atoms with Crippen LogP contribution in [0.2, 0.25) is 0 Å². The van der Waals surface area contributed by atoms with Gasteiger partial charge in [-0.3, -0.25) is 0 Å². The molecule has 15 heavy (non-hydrogen) atoms. The van der Waals surface area contributed by atoms with Crippen LogP contribution in [-0.4, -0.2) is 17.1 Å². The third-order valence-corrected chi connectivity index (χ3v) is 3.38. The molecule has 1 N–H and O–H groups in total. The largest absolute Gasteiger partial charge is 0.371 e. The van der Waals surface area contributed by atoms with Crippen LogP contribution in [0.25, 0.3) is 0 Å². The summed E-state index contributed by atoms with van der Waals surface area (Å²) in [6.45, 7) is 3.98. The van der Waals surface area contributed by atoms with Crippen molar-refractivity contribution >= 4 is 12.2 Å². The number of H-pyrrole nitrogens is 1. The number of methoxy groups -OCH3 is 1. The molecule has 0 bridgehead atoms. The van der Waals surface area contributed by atoms with Crippen LogP contribution in [0.4, 0.5) is 0 Å². The van der Waals surface area contributed by atoms with Crippen LogP contribution in [-0.2, 0) is 23.2 Å². The number of nitrogens with zero attached hydrogens (tertiary/aromatic N) is 1. The number of hydrogen-bond donors (Lipinski definition) is 1. The lowest BCUT2D eigenvalue weighted by atomic mass is 10.1. The molecule has 1 heterocycles. The number of fused-ring (bicyclic) bond motifs is 1. The third-order valence-electron chi connectivity index (χ3n) is 3.04. The first-order valence-electron chi connectivity index (χ1n) is 5.22. The van der Waals surface area contributed by atoms with Crippen LogP contribution in [0.3, 0.4) is 0 Å². The highest BCUT2D eigenvalue weighted by Crippen LogP contribution is 2.25. The molecule has 1 aliphatic rings.